The van der Waals surface area contributed by atoms with Gasteiger partial charge in [-0.05, 0) is 43.0 Å². The highest BCUT2D eigenvalue weighted by Crippen LogP contribution is 2.32. The Bertz CT molecular complexity index is 853. The molecule has 1 aliphatic heterocycles. The number of benzene rings is 1. The van der Waals surface area contributed by atoms with Crippen molar-refractivity contribution in [3.05, 3.63) is 71.7 Å². The summed E-state index contributed by atoms with van der Waals surface area (Å²) in [5.74, 6) is 0.0257. The van der Waals surface area contributed by atoms with Gasteiger partial charge in [0.2, 0.25) is 0 Å². The summed E-state index contributed by atoms with van der Waals surface area (Å²) >= 11 is 0. The number of rotatable bonds is 2. The fraction of sp³-hybridized carbons (Fsp3) is 0.263. The fourth-order valence-corrected chi connectivity index (χ4v) is 3.37. The first-order chi connectivity index (χ1) is 11.2. The molecule has 0 aliphatic carbocycles. The molecule has 1 aliphatic rings. The van der Waals surface area contributed by atoms with E-state index in [9.17, 15) is 4.79 Å². The van der Waals surface area contributed by atoms with Gasteiger partial charge in [0.1, 0.15) is 11.3 Å². The van der Waals surface area contributed by atoms with Crippen molar-refractivity contribution in [1.29, 1.82) is 0 Å². The quantitative estimate of drug-likeness (QED) is 0.725. The van der Waals surface area contributed by atoms with Crippen LogP contribution in [0.3, 0.4) is 0 Å². The predicted molar refractivity (Wildman–Crippen MR) is 89.4 cm³/mol. The van der Waals surface area contributed by atoms with Gasteiger partial charge in [-0.1, -0.05) is 30.3 Å². The third-order valence-electron chi connectivity index (χ3n) is 4.53. The number of hydrogen-bond donors (Lipinski definition) is 0. The molecule has 1 fully saturated rings. The number of nitrogens with zero attached hydrogens (tertiary/aromatic N) is 3. The molecule has 0 bridgehead atoms. The molecule has 4 heteroatoms. The van der Waals surface area contributed by atoms with Crippen molar-refractivity contribution in [3.8, 4) is 0 Å². The van der Waals surface area contributed by atoms with E-state index < -0.39 is 0 Å². The van der Waals surface area contributed by atoms with Gasteiger partial charge in [0, 0.05) is 18.9 Å². The van der Waals surface area contributed by atoms with E-state index in [0.29, 0.717) is 5.69 Å². The Kier molecular flexibility index (Phi) is 3.37. The Morgan fingerprint density at radius 1 is 1.22 bits per heavy atom. The summed E-state index contributed by atoms with van der Waals surface area (Å²) in [5, 5.41) is 0. The van der Waals surface area contributed by atoms with Gasteiger partial charge in [0.05, 0.1) is 6.04 Å². The Morgan fingerprint density at radius 3 is 2.87 bits per heavy atom. The van der Waals surface area contributed by atoms with Gasteiger partial charge in [-0.2, -0.15) is 0 Å². The lowest BCUT2D eigenvalue weighted by atomic mass is 10.0. The molecule has 3 aromatic rings. The van der Waals surface area contributed by atoms with Gasteiger partial charge in [0.25, 0.3) is 5.91 Å². The van der Waals surface area contributed by atoms with Crippen LogP contribution < -0.4 is 0 Å². The lowest BCUT2D eigenvalue weighted by molar-refractivity contribution is 0.0730. The van der Waals surface area contributed by atoms with Crippen LogP contribution in [0.1, 0.15) is 40.5 Å². The minimum atomic E-state index is 0.0257. The molecule has 23 heavy (non-hydrogen) atoms. The summed E-state index contributed by atoms with van der Waals surface area (Å²) in [5.41, 5.74) is 3.70. The van der Waals surface area contributed by atoms with Crippen LogP contribution in [0.4, 0.5) is 0 Å². The SMILES string of the molecule is Cc1ccn2cc(C(=O)N3CCC[C@@H]3c3ccccc3)nc2c1. The zero-order valence-corrected chi connectivity index (χ0v) is 13.1. The first kappa shape index (κ1) is 14.0. The van der Waals surface area contributed by atoms with Crippen LogP contribution >= 0.6 is 0 Å². The van der Waals surface area contributed by atoms with Crippen molar-refractivity contribution < 1.29 is 4.79 Å². The molecule has 1 saturated heterocycles. The highest BCUT2D eigenvalue weighted by atomic mass is 16.2. The third-order valence-corrected chi connectivity index (χ3v) is 4.53. The summed E-state index contributed by atoms with van der Waals surface area (Å²) in [6.07, 6.45) is 5.84. The number of amides is 1. The van der Waals surface area contributed by atoms with E-state index in [0.717, 1.165) is 30.6 Å². The zero-order valence-electron chi connectivity index (χ0n) is 13.1. The maximum absolute atomic E-state index is 12.9. The molecular formula is C19H19N3O. The number of imidazole rings is 1. The van der Waals surface area contributed by atoms with Crippen LogP contribution in [0.2, 0.25) is 0 Å². The number of hydrogen-bond acceptors (Lipinski definition) is 2. The number of pyridine rings is 1. The second-order valence-corrected chi connectivity index (χ2v) is 6.16. The zero-order chi connectivity index (χ0) is 15.8. The van der Waals surface area contributed by atoms with Crippen molar-refractivity contribution >= 4 is 11.6 Å². The van der Waals surface area contributed by atoms with E-state index in [1.807, 2.05) is 58.9 Å². The second kappa shape index (κ2) is 5.54. The smallest absolute Gasteiger partial charge is 0.274 e. The highest BCUT2D eigenvalue weighted by molar-refractivity contribution is 5.93. The molecule has 4 rings (SSSR count). The Balaban J connectivity index is 1.66. The summed E-state index contributed by atoms with van der Waals surface area (Å²) < 4.78 is 1.91. The summed E-state index contributed by atoms with van der Waals surface area (Å²) in [7, 11) is 0. The van der Waals surface area contributed by atoms with Crippen molar-refractivity contribution in [1.82, 2.24) is 14.3 Å². The molecule has 2 aromatic heterocycles. The predicted octanol–water partition coefficient (Wildman–Crippen LogP) is 3.62. The van der Waals surface area contributed by atoms with E-state index >= 15 is 0 Å². The lowest BCUT2D eigenvalue weighted by Crippen LogP contribution is -2.30. The molecule has 0 radical (unpaired) electrons. The van der Waals surface area contributed by atoms with E-state index in [-0.39, 0.29) is 11.9 Å². The average Bonchev–Trinajstić information content (AvgIpc) is 3.21. The first-order valence-electron chi connectivity index (χ1n) is 8.04. The molecule has 1 atom stereocenters. The number of aromatic nitrogens is 2. The van der Waals surface area contributed by atoms with E-state index in [4.69, 9.17) is 0 Å². The molecule has 116 valence electrons. The molecule has 1 aromatic carbocycles. The van der Waals surface area contributed by atoms with Crippen molar-refractivity contribution in [2.75, 3.05) is 6.54 Å². The molecule has 4 nitrogen and oxygen atoms in total. The van der Waals surface area contributed by atoms with Crippen molar-refractivity contribution in [3.63, 3.8) is 0 Å². The average molecular weight is 305 g/mol. The minimum Gasteiger partial charge on any atom is -0.330 e. The number of carbonyl (C=O) groups is 1. The fourth-order valence-electron chi connectivity index (χ4n) is 3.37. The molecule has 0 N–H and O–H groups in total. The number of aryl methyl sites for hydroxylation is 1. The Labute approximate surface area is 135 Å². The first-order valence-corrected chi connectivity index (χ1v) is 8.04. The Morgan fingerprint density at radius 2 is 2.04 bits per heavy atom. The van der Waals surface area contributed by atoms with Gasteiger partial charge in [-0.25, -0.2) is 4.98 Å². The topological polar surface area (TPSA) is 37.6 Å². The number of fused-ring (bicyclic) bond motifs is 1. The third kappa shape index (κ3) is 2.50. The van der Waals surface area contributed by atoms with Crippen LogP contribution in [-0.2, 0) is 0 Å². The number of carbonyl (C=O) groups excluding carboxylic acids is 1. The van der Waals surface area contributed by atoms with Crippen molar-refractivity contribution in [2.45, 2.75) is 25.8 Å². The second-order valence-electron chi connectivity index (χ2n) is 6.16. The maximum atomic E-state index is 12.9. The van der Waals surface area contributed by atoms with E-state index in [1.165, 1.54) is 5.56 Å². The number of likely N-dealkylation sites (tertiary alicyclic amines) is 1. The molecule has 0 saturated carbocycles. The van der Waals surface area contributed by atoms with Crippen LogP contribution in [0.25, 0.3) is 5.65 Å². The standard InChI is InChI=1S/C19H19N3O/c1-14-9-11-21-13-16(20-18(21)12-14)19(23)22-10-5-8-17(22)15-6-3-2-4-7-15/h2-4,6-7,9,11-13,17H,5,8,10H2,1H3/t17-/m1/s1. The van der Waals surface area contributed by atoms with Crippen LogP contribution in [-0.4, -0.2) is 26.7 Å². The van der Waals surface area contributed by atoms with Gasteiger partial charge in [-0.15, -0.1) is 0 Å². The molecule has 3 heterocycles. The van der Waals surface area contributed by atoms with E-state index in [1.54, 1.807) is 0 Å². The largest absolute Gasteiger partial charge is 0.330 e. The lowest BCUT2D eigenvalue weighted by Gasteiger charge is -2.24. The molecule has 1 amide bonds. The maximum Gasteiger partial charge on any atom is 0.274 e. The van der Waals surface area contributed by atoms with Gasteiger partial charge in [0.15, 0.2) is 0 Å². The summed E-state index contributed by atoms with van der Waals surface area (Å²) in [6, 6.07) is 14.5. The molecule has 0 spiro atoms. The minimum absolute atomic E-state index is 0.0257. The highest BCUT2D eigenvalue weighted by Gasteiger charge is 2.31. The monoisotopic (exact) mass is 305 g/mol. The van der Waals surface area contributed by atoms with Crippen LogP contribution in [0, 0.1) is 6.92 Å². The van der Waals surface area contributed by atoms with Gasteiger partial charge < -0.3 is 9.30 Å². The van der Waals surface area contributed by atoms with Gasteiger partial charge >= 0.3 is 0 Å². The van der Waals surface area contributed by atoms with Crippen LogP contribution in [0.15, 0.2) is 54.9 Å². The normalized spacial score (nSPS) is 17.8. The molecular weight excluding hydrogens is 286 g/mol. The van der Waals surface area contributed by atoms with Crippen molar-refractivity contribution in [2.24, 2.45) is 0 Å². The van der Waals surface area contributed by atoms with Crippen LogP contribution in [0.5, 0.6) is 0 Å². The van der Waals surface area contributed by atoms with E-state index in [2.05, 4.69) is 17.1 Å². The van der Waals surface area contributed by atoms with Gasteiger partial charge in [-0.3, -0.25) is 4.79 Å². The summed E-state index contributed by atoms with van der Waals surface area (Å²) in [4.78, 5) is 19.4. The Hall–Kier alpha value is -2.62. The molecule has 0 unspecified atom stereocenters. The summed E-state index contributed by atoms with van der Waals surface area (Å²) in [6.45, 7) is 2.83.